The number of hydrogen-bond acceptors (Lipinski definition) is 4. The molecule has 0 unspecified atom stereocenters. The SMILES string of the molecule is CN=C(NCc1ccc(C)cc1)NCc1cccnc1N1CCOCC1. The van der Waals surface area contributed by atoms with Crippen LogP contribution in [-0.2, 0) is 17.8 Å². The predicted molar refractivity (Wildman–Crippen MR) is 105 cm³/mol. The van der Waals surface area contributed by atoms with E-state index in [1.807, 2.05) is 12.3 Å². The molecular formula is C20H27N5O. The van der Waals surface area contributed by atoms with Crippen molar-refractivity contribution in [2.75, 3.05) is 38.3 Å². The van der Waals surface area contributed by atoms with Gasteiger partial charge < -0.3 is 20.3 Å². The molecule has 2 heterocycles. The summed E-state index contributed by atoms with van der Waals surface area (Å²) in [5.74, 6) is 1.81. The Balaban J connectivity index is 1.57. The molecule has 1 saturated heterocycles. The minimum absolute atomic E-state index is 0.675. The monoisotopic (exact) mass is 353 g/mol. The number of anilines is 1. The van der Waals surface area contributed by atoms with E-state index in [-0.39, 0.29) is 0 Å². The third kappa shape index (κ3) is 4.95. The van der Waals surface area contributed by atoms with Crippen LogP contribution >= 0.6 is 0 Å². The van der Waals surface area contributed by atoms with Gasteiger partial charge in [0.15, 0.2) is 5.96 Å². The lowest BCUT2D eigenvalue weighted by Crippen LogP contribution is -2.39. The average Bonchev–Trinajstić information content (AvgIpc) is 2.70. The van der Waals surface area contributed by atoms with Crippen LogP contribution < -0.4 is 15.5 Å². The number of morpholine rings is 1. The third-order valence-corrected chi connectivity index (χ3v) is 4.43. The van der Waals surface area contributed by atoms with E-state index >= 15 is 0 Å². The third-order valence-electron chi connectivity index (χ3n) is 4.43. The lowest BCUT2D eigenvalue weighted by atomic mass is 10.1. The summed E-state index contributed by atoms with van der Waals surface area (Å²) in [5, 5.41) is 6.75. The van der Waals surface area contributed by atoms with E-state index in [0.29, 0.717) is 6.54 Å². The largest absolute Gasteiger partial charge is 0.378 e. The quantitative estimate of drug-likeness (QED) is 0.637. The van der Waals surface area contributed by atoms with E-state index in [1.54, 1.807) is 7.05 Å². The van der Waals surface area contributed by atoms with Gasteiger partial charge in [-0.1, -0.05) is 35.9 Å². The van der Waals surface area contributed by atoms with Gasteiger partial charge in [-0.25, -0.2) is 4.98 Å². The maximum absolute atomic E-state index is 5.44. The lowest BCUT2D eigenvalue weighted by molar-refractivity contribution is 0.122. The maximum Gasteiger partial charge on any atom is 0.191 e. The van der Waals surface area contributed by atoms with Gasteiger partial charge in [-0.15, -0.1) is 0 Å². The molecule has 138 valence electrons. The van der Waals surface area contributed by atoms with Crippen LogP contribution in [0.4, 0.5) is 5.82 Å². The van der Waals surface area contributed by atoms with Gasteiger partial charge in [0.2, 0.25) is 0 Å². The van der Waals surface area contributed by atoms with Gasteiger partial charge in [0.05, 0.1) is 13.2 Å². The zero-order valence-electron chi connectivity index (χ0n) is 15.5. The summed E-state index contributed by atoms with van der Waals surface area (Å²) < 4.78 is 5.44. The normalized spacial score (nSPS) is 15.0. The number of aromatic nitrogens is 1. The molecule has 6 heteroatoms. The molecule has 0 aliphatic carbocycles. The smallest absolute Gasteiger partial charge is 0.191 e. The van der Waals surface area contributed by atoms with Crippen molar-refractivity contribution in [1.82, 2.24) is 15.6 Å². The van der Waals surface area contributed by atoms with Crippen LogP contribution in [-0.4, -0.2) is 44.3 Å². The first-order chi connectivity index (χ1) is 12.8. The number of ether oxygens (including phenoxy) is 1. The molecule has 3 rings (SSSR count). The average molecular weight is 353 g/mol. The Labute approximate surface area is 155 Å². The van der Waals surface area contributed by atoms with Gasteiger partial charge in [-0.2, -0.15) is 0 Å². The molecule has 26 heavy (non-hydrogen) atoms. The molecule has 0 atom stereocenters. The zero-order valence-corrected chi connectivity index (χ0v) is 15.5. The second-order valence-corrected chi connectivity index (χ2v) is 6.35. The molecule has 0 radical (unpaired) electrons. The first-order valence-electron chi connectivity index (χ1n) is 9.03. The van der Waals surface area contributed by atoms with Gasteiger partial charge in [-0.3, -0.25) is 4.99 Å². The highest BCUT2D eigenvalue weighted by atomic mass is 16.5. The number of aliphatic imine (C=N–C) groups is 1. The number of pyridine rings is 1. The molecule has 1 fully saturated rings. The summed E-state index contributed by atoms with van der Waals surface area (Å²) in [5.41, 5.74) is 3.66. The summed E-state index contributed by atoms with van der Waals surface area (Å²) in [4.78, 5) is 11.2. The summed E-state index contributed by atoms with van der Waals surface area (Å²) >= 11 is 0. The summed E-state index contributed by atoms with van der Waals surface area (Å²) in [7, 11) is 1.79. The van der Waals surface area contributed by atoms with Gasteiger partial charge in [-0.05, 0) is 18.6 Å². The Bertz CT molecular complexity index is 723. The van der Waals surface area contributed by atoms with Gasteiger partial charge in [0, 0.05) is 45.0 Å². The molecule has 6 nitrogen and oxygen atoms in total. The Morgan fingerprint density at radius 3 is 2.58 bits per heavy atom. The molecule has 0 bridgehead atoms. The number of rotatable bonds is 5. The number of benzene rings is 1. The fraction of sp³-hybridized carbons (Fsp3) is 0.400. The first-order valence-corrected chi connectivity index (χ1v) is 9.03. The fourth-order valence-corrected chi connectivity index (χ4v) is 2.92. The number of hydrogen-bond donors (Lipinski definition) is 2. The maximum atomic E-state index is 5.44. The van der Waals surface area contributed by atoms with Crippen molar-refractivity contribution >= 4 is 11.8 Å². The minimum atomic E-state index is 0.675. The second kappa shape index (κ2) is 9.20. The number of nitrogens with one attached hydrogen (secondary N) is 2. The van der Waals surface area contributed by atoms with Gasteiger partial charge in [0.25, 0.3) is 0 Å². The molecule has 2 aromatic rings. The lowest BCUT2D eigenvalue weighted by Gasteiger charge is -2.29. The fourth-order valence-electron chi connectivity index (χ4n) is 2.92. The van der Waals surface area contributed by atoms with Crippen LogP contribution in [0.15, 0.2) is 47.6 Å². The van der Waals surface area contributed by atoms with Crippen LogP contribution in [0.2, 0.25) is 0 Å². The Hall–Kier alpha value is -2.60. The Morgan fingerprint density at radius 1 is 1.12 bits per heavy atom. The summed E-state index contributed by atoms with van der Waals surface area (Å²) in [6.07, 6.45) is 1.85. The van der Waals surface area contributed by atoms with E-state index in [2.05, 4.69) is 62.8 Å². The molecule has 1 aromatic carbocycles. The molecule has 1 aliphatic heterocycles. The first kappa shape index (κ1) is 18.2. The van der Waals surface area contributed by atoms with Crippen LogP contribution in [0.25, 0.3) is 0 Å². The van der Waals surface area contributed by atoms with Crippen LogP contribution in [0, 0.1) is 6.92 Å². The standard InChI is InChI=1S/C20H27N5O/c1-16-5-7-17(8-6-16)14-23-20(21-2)24-15-18-4-3-9-22-19(18)25-10-12-26-13-11-25/h3-9H,10-15H2,1-2H3,(H2,21,23,24). The minimum Gasteiger partial charge on any atom is -0.378 e. The second-order valence-electron chi connectivity index (χ2n) is 6.35. The highest BCUT2D eigenvalue weighted by Crippen LogP contribution is 2.18. The van der Waals surface area contributed by atoms with Crippen molar-refractivity contribution in [1.29, 1.82) is 0 Å². The molecule has 0 saturated carbocycles. The van der Waals surface area contributed by atoms with E-state index < -0.39 is 0 Å². The Morgan fingerprint density at radius 2 is 1.85 bits per heavy atom. The van der Waals surface area contributed by atoms with Crippen LogP contribution in [0.1, 0.15) is 16.7 Å². The zero-order chi connectivity index (χ0) is 18.2. The number of nitrogens with zero attached hydrogens (tertiary/aromatic N) is 3. The van der Waals surface area contributed by atoms with Crippen LogP contribution in [0.5, 0.6) is 0 Å². The molecule has 0 amide bonds. The van der Waals surface area contributed by atoms with Crippen molar-refractivity contribution < 1.29 is 4.74 Å². The molecule has 2 N–H and O–H groups in total. The van der Waals surface area contributed by atoms with E-state index in [1.165, 1.54) is 11.1 Å². The van der Waals surface area contributed by atoms with Crippen molar-refractivity contribution in [3.05, 3.63) is 59.3 Å². The molecular weight excluding hydrogens is 326 g/mol. The van der Waals surface area contributed by atoms with E-state index in [0.717, 1.165) is 50.2 Å². The number of aryl methyl sites for hydroxylation is 1. The van der Waals surface area contributed by atoms with Crippen LogP contribution in [0.3, 0.4) is 0 Å². The molecule has 1 aliphatic rings. The van der Waals surface area contributed by atoms with E-state index in [9.17, 15) is 0 Å². The number of guanidine groups is 1. The highest BCUT2D eigenvalue weighted by Gasteiger charge is 2.15. The van der Waals surface area contributed by atoms with Crippen molar-refractivity contribution in [3.8, 4) is 0 Å². The summed E-state index contributed by atoms with van der Waals surface area (Å²) in [6, 6.07) is 12.6. The molecule has 1 aromatic heterocycles. The highest BCUT2D eigenvalue weighted by molar-refractivity contribution is 5.79. The van der Waals surface area contributed by atoms with Crippen molar-refractivity contribution in [3.63, 3.8) is 0 Å². The topological polar surface area (TPSA) is 61.8 Å². The van der Waals surface area contributed by atoms with Crippen molar-refractivity contribution in [2.24, 2.45) is 4.99 Å². The van der Waals surface area contributed by atoms with Crippen molar-refractivity contribution in [2.45, 2.75) is 20.0 Å². The predicted octanol–water partition coefficient (Wildman–Crippen LogP) is 2.09. The summed E-state index contributed by atoms with van der Waals surface area (Å²) in [6.45, 7) is 6.77. The van der Waals surface area contributed by atoms with E-state index in [4.69, 9.17) is 4.74 Å². The van der Waals surface area contributed by atoms with Gasteiger partial charge in [0.1, 0.15) is 5.82 Å². The Kier molecular flexibility index (Phi) is 6.44. The van der Waals surface area contributed by atoms with Gasteiger partial charge >= 0.3 is 0 Å². The molecule has 0 spiro atoms.